The van der Waals surface area contributed by atoms with E-state index in [9.17, 15) is 0 Å². The van der Waals surface area contributed by atoms with Gasteiger partial charge in [0, 0.05) is 13.1 Å². The molecule has 4 heteroatoms. The van der Waals surface area contributed by atoms with Gasteiger partial charge in [0.25, 0.3) is 0 Å². The molecule has 102 valence electrons. The molecule has 0 saturated heterocycles. The average molecular weight is 270 g/mol. The number of anilines is 1. The standard InChI is InChI=1S/C14H24ClN3/c1-4-9-16-14-8-7-12(15)13(17-14)11-18(6-3)10-5-2/h7-8H,4-6,9-11H2,1-3H3,(H,16,17). The van der Waals surface area contributed by atoms with Crippen molar-refractivity contribution in [3.63, 3.8) is 0 Å². The molecule has 0 unspecified atom stereocenters. The number of nitrogens with one attached hydrogen (secondary N) is 1. The van der Waals surface area contributed by atoms with Gasteiger partial charge in [-0.1, -0.05) is 32.4 Å². The van der Waals surface area contributed by atoms with E-state index >= 15 is 0 Å². The Morgan fingerprint density at radius 1 is 1.22 bits per heavy atom. The Bertz CT molecular complexity index is 355. The van der Waals surface area contributed by atoms with Crippen LogP contribution in [0, 0.1) is 0 Å². The summed E-state index contributed by atoms with van der Waals surface area (Å²) < 4.78 is 0. The summed E-state index contributed by atoms with van der Waals surface area (Å²) in [4.78, 5) is 6.95. The molecule has 0 atom stereocenters. The van der Waals surface area contributed by atoms with Crippen LogP contribution in [0.3, 0.4) is 0 Å². The fraction of sp³-hybridized carbons (Fsp3) is 0.643. The largest absolute Gasteiger partial charge is 0.370 e. The maximum Gasteiger partial charge on any atom is 0.126 e. The van der Waals surface area contributed by atoms with Gasteiger partial charge in [-0.3, -0.25) is 4.90 Å². The third-order valence-corrected chi connectivity index (χ3v) is 3.18. The fourth-order valence-corrected chi connectivity index (χ4v) is 1.99. The highest BCUT2D eigenvalue weighted by atomic mass is 35.5. The van der Waals surface area contributed by atoms with E-state index in [1.807, 2.05) is 12.1 Å². The maximum absolute atomic E-state index is 6.21. The molecule has 0 aliphatic rings. The van der Waals surface area contributed by atoms with Crippen LogP contribution in [0.15, 0.2) is 12.1 Å². The van der Waals surface area contributed by atoms with Crippen LogP contribution in [0.1, 0.15) is 39.3 Å². The molecule has 0 aliphatic heterocycles. The van der Waals surface area contributed by atoms with Crippen LogP contribution in [0.25, 0.3) is 0 Å². The highest BCUT2D eigenvalue weighted by Gasteiger charge is 2.08. The van der Waals surface area contributed by atoms with Crippen LogP contribution in [-0.4, -0.2) is 29.5 Å². The second kappa shape index (κ2) is 8.33. The third kappa shape index (κ3) is 4.83. The van der Waals surface area contributed by atoms with Gasteiger partial charge in [0.15, 0.2) is 0 Å². The Balaban J connectivity index is 2.73. The first kappa shape index (κ1) is 15.3. The number of halogens is 1. The Kier molecular flexibility index (Phi) is 7.06. The summed E-state index contributed by atoms with van der Waals surface area (Å²) in [5.41, 5.74) is 0.966. The van der Waals surface area contributed by atoms with Gasteiger partial charge < -0.3 is 5.32 Å². The molecule has 0 fully saturated rings. The molecule has 0 amide bonds. The second-order valence-electron chi connectivity index (χ2n) is 4.42. The lowest BCUT2D eigenvalue weighted by molar-refractivity contribution is 0.277. The van der Waals surface area contributed by atoms with E-state index in [0.29, 0.717) is 0 Å². The monoisotopic (exact) mass is 269 g/mol. The van der Waals surface area contributed by atoms with Crippen molar-refractivity contribution in [3.05, 3.63) is 22.8 Å². The van der Waals surface area contributed by atoms with Gasteiger partial charge in [-0.15, -0.1) is 0 Å². The molecule has 1 aromatic heterocycles. The van der Waals surface area contributed by atoms with Crippen LogP contribution in [0.5, 0.6) is 0 Å². The number of pyridine rings is 1. The summed E-state index contributed by atoms with van der Waals surface area (Å²) in [6.07, 6.45) is 2.25. The lowest BCUT2D eigenvalue weighted by Crippen LogP contribution is -2.24. The van der Waals surface area contributed by atoms with Crippen LogP contribution in [0.2, 0.25) is 5.02 Å². The van der Waals surface area contributed by atoms with Crippen molar-refractivity contribution in [3.8, 4) is 0 Å². The van der Waals surface area contributed by atoms with E-state index in [2.05, 4.69) is 36.0 Å². The van der Waals surface area contributed by atoms with Crippen molar-refractivity contribution < 1.29 is 0 Å². The second-order valence-corrected chi connectivity index (χ2v) is 4.83. The average Bonchev–Trinajstić information content (AvgIpc) is 2.38. The molecule has 0 bridgehead atoms. The van der Waals surface area contributed by atoms with Crippen molar-refractivity contribution in [2.24, 2.45) is 0 Å². The summed E-state index contributed by atoms with van der Waals surface area (Å²) in [5, 5.41) is 4.05. The molecule has 1 rings (SSSR count). The molecular formula is C14H24ClN3. The van der Waals surface area contributed by atoms with Gasteiger partial charge in [0.1, 0.15) is 5.82 Å². The molecule has 0 saturated carbocycles. The maximum atomic E-state index is 6.21. The smallest absolute Gasteiger partial charge is 0.126 e. The first-order chi connectivity index (χ1) is 8.71. The molecule has 3 nitrogen and oxygen atoms in total. The minimum absolute atomic E-state index is 0.756. The van der Waals surface area contributed by atoms with E-state index in [1.54, 1.807) is 0 Å². The van der Waals surface area contributed by atoms with E-state index in [0.717, 1.165) is 55.6 Å². The van der Waals surface area contributed by atoms with Crippen molar-refractivity contribution in [1.29, 1.82) is 0 Å². The SMILES string of the molecule is CCCNc1ccc(Cl)c(CN(CC)CCC)n1. The first-order valence-corrected chi connectivity index (χ1v) is 7.20. The Labute approximate surface area is 116 Å². The van der Waals surface area contributed by atoms with Gasteiger partial charge >= 0.3 is 0 Å². The minimum Gasteiger partial charge on any atom is -0.370 e. The first-order valence-electron chi connectivity index (χ1n) is 6.82. The van der Waals surface area contributed by atoms with Crippen LogP contribution in [-0.2, 0) is 6.54 Å². The lowest BCUT2D eigenvalue weighted by Gasteiger charge is -2.20. The van der Waals surface area contributed by atoms with Gasteiger partial charge in [-0.2, -0.15) is 0 Å². The van der Waals surface area contributed by atoms with Crippen molar-refractivity contribution >= 4 is 17.4 Å². The van der Waals surface area contributed by atoms with E-state index in [4.69, 9.17) is 11.6 Å². The van der Waals surface area contributed by atoms with Crippen LogP contribution >= 0.6 is 11.6 Å². The quantitative estimate of drug-likeness (QED) is 0.778. The van der Waals surface area contributed by atoms with E-state index in [1.165, 1.54) is 0 Å². The molecular weight excluding hydrogens is 246 g/mol. The highest BCUT2D eigenvalue weighted by molar-refractivity contribution is 6.31. The zero-order valence-corrected chi connectivity index (χ0v) is 12.4. The molecule has 1 aromatic rings. The number of rotatable bonds is 8. The number of hydrogen-bond donors (Lipinski definition) is 1. The molecule has 0 aromatic carbocycles. The van der Waals surface area contributed by atoms with Gasteiger partial charge in [-0.05, 0) is 38.1 Å². The van der Waals surface area contributed by atoms with Crippen LogP contribution in [0.4, 0.5) is 5.82 Å². The van der Waals surface area contributed by atoms with Crippen molar-refractivity contribution in [2.45, 2.75) is 40.2 Å². The molecule has 0 radical (unpaired) electrons. The van der Waals surface area contributed by atoms with Gasteiger partial charge in [0.05, 0.1) is 10.7 Å². The Hall–Kier alpha value is -0.800. The summed E-state index contributed by atoms with van der Waals surface area (Å²) in [5.74, 6) is 0.920. The number of nitrogens with zero attached hydrogens (tertiary/aromatic N) is 2. The predicted octanol–water partition coefficient (Wildman–Crippen LogP) is 3.79. The van der Waals surface area contributed by atoms with E-state index < -0.39 is 0 Å². The van der Waals surface area contributed by atoms with Crippen LogP contribution < -0.4 is 5.32 Å². The lowest BCUT2D eigenvalue weighted by atomic mass is 10.3. The van der Waals surface area contributed by atoms with Gasteiger partial charge in [0.2, 0.25) is 0 Å². The van der Waals surface area contributed by atoms with E-state index in [-0.39, 0.29) is 0 Å². The normalized spacial score (nSPS) is 10.9. The number of aromatic nitrogens is 1. The Morgan fingerprint density at radius 2 is 2.00 bits per heavy atom. The summed E-state index contributed by atoms with van der Waals surface area (Å²) >= 11 is 6.21. The zero-order valence-electron chi connectivity index (χ0n) is 11.7. The highest BCUT2D eigenvalue weighted by Crippen LogP contribution is 2.18. The summed E-state index contributed by atoms with van der Waals surface area (Å²) in [7, 11) is 0. The Morgan fingerprint density at radius 3 is 2.61 bits per heavy atom. The summed E-state index contributed by atoms with van der Waals surface area (Å²) in [6, 6.07) is 3.87. The molecule has 18 heavy (non-hydrogen) atoms. The molecule has 1 heterocycles. The minimum atomic E-state index is 0.756. The zero-order chi connectivity index (χ0) is 13.4. The fourth-order valence-electron chi connectivity index (χ4n) is 1.82. The molecule has 0 spiro atoms. The number of hydrogen-bond acceptors (Lipinski definition) is 3. The van der Waals surface area contributed by atoms with Crippen molar-refractivity contribution in [2.75, 3.05) is 25.0 Å². The summed E-state index contributed by atoms with van der Waals surface area (Å²) in [6.45, 7) is 10.4. The molecule has 0 aliphatic carbocycles. The van der Waals surface area contributed by atoms with Gasteiger partial charge in [-0.25, -0.2) is 4.98 Å². The van der Waals surface area contributed by atoms with Crippen molar-refractivity contribution in [1.82, 2.24) is 9.88 Å². The predicted molar refractivity (Wildman–Crippen MR) is 79.3 cm³/mol. The molecule has 1 N–H and O–H groups in total. The topological polar surface area (TPSA) is 28.2 Å². The third-order valence-electron chi connectivity index (χ3n) is 2.84.